The van der Waals surface area contributed by atoms with Crippen molar-refractivity contribution in [3.8, 4) is 0 Å². The van der Waals surface area contributed by atoms with Crippen molar-refractivity contribution in [2.75, 3.05) is 6.61 Å². The van der Waals surface area contributed by atoms with E-state index < -0.39 is 8.25 Å². The van der Waals surface area contributed by atoms with Gasteiger partial charge in [-0.3, -0.25) is 4.52 Å². The third kappa shape index (κ3) is 10.0. The molecular weight excluding hydrogens is 175 g/mol. The van der Waals surface area contributed by atoms with E-state index in [2.05, 4.69) is 11.4 Å². The lowest BCUT2D eigenvalue weighted by Crippen LogP contribution is -1.86. The van der Waals surface area contributed by atoms with E-state index in [1.54, 1.807) is 0 Å². The van der Waals surface area contributed by atoms with Crippen LogP contribution in [0, 0.1) is 0 Å². The van der Waals surface area contributed by atoms with Crippen LogP contribution in [0.4, 0.5) is 0 Å². The van der Waals surface area contributed by atoms with Gasteiger partial charge in [0.05, 0.1) is 6.61 Å². The van der Waals surface area contributed by atoms with Gasteiger partial charge in [0.1, 0.15) is 0 Å². The van der Waals surface area contributed by atoms with E-state index in [0.717, 1.165) is 12.8 Å². The smallest absolute Gasteiger partial charge is 0.281 e. The first-order valence-electron chi connectivity index (χ1n) is 4.54. The van der Waals surface area contributed by atoms with Crippen molar-refractivity contribution in [2.24, 2.45) is 0 Å². The first kappa shape index (κ1) is 12.0. The Kier molecular flexibility index (Phi) is 9.13. The molecule has 0 saturated heterocycles. The predicted octanol–water partition coefficient (Wildman–Crippen LogP) is 3.45. The Morgan fingerprint density at radius 3 is 2.25 bits per heavy atom. The molecule has 1 atom stereocenters. The molecule has 3 nitrogen and oxygen atoms in total. The van der Waals surface area contributed by atoms with Crippen LogP contribution in [-0.2, 0) is 14.0 Å². The van der Waals surface area contributed by atoms with Crippen molar-refractivity contribution >= 4 is 8.25 Å². The molecule has 0 aliphatic heterocycles. The molecule has 1 unspecified atom stereocenters. The molecule has 0 aliphatic rings. The quantitative estimate of drug-likeness (QED) is 0.436. The summed E-state index contributed by atoms with van der Waals surface area (Å²) in [5.41, 5.74) is 0. The summed E-state index contributed by atoms with van der Waals surface area (Å²) in [6.07, 6.45) is 6.88. The van der Waals surface area contributed by atoms with Gasteiger partial charge in [0.25, 0.3) is 0 Å². The van der Waals surface area contributed by atoms with Crippen LogP contribution < -0.4 is 0 Å². The molecule has 0 heterocycles. The van der Waals surface area contributed by atoms with Crippen LogP contribution in [0.5, 0.6) is 0 Å². The summed E-state index contributed by atoms with van der Waals surface area (Å²) >= 11 is 0. The molecule has 0 bridgehead atoms. The van der Waals surface area contributed by atoms with Crippen LogP contribution in [0.2, 0.25) is 0 Å². The van der Waals surface area contributed by atoms with Gasteiger partial charge in [0.2, 0.25) is 0 Å². The van der Waals surface area contributed by atoms with E-state index in [1.165, 1.54) is 25.7 Å². The van der Waals surface area contributed by atoms with Gasteiger partial charge >= 0.3 is 8.25 Å². The van der Waals surface area contributed by atoms with Crippen LogP contribution >= 0.6 is 8.25 Å². The van der Waals surface area contributed by atoms with Crippen molar-refractivity contribution in [3.63, 3.8) is 0 Å². The third-order valence-corrected chi connectivity index (χ3v) is 2.09. The second-order valence-corrected chi connectivity index (χ2v) is 3.53. The normalized spacial score (nSPS) is 11.7. The molecule has 0 fully saturated rings. The van der Waals surface area contributed by atoms with Gasteiger partial charge in [-0.25, -0.2) is 4.57 Å². The highest BCUT2D eigenvalue weighted by Crippen LogP contribution is 2.16. The van der Waals surface area contributed by atoms with E-state index in [9.17, 15) is 9.46 Å². The maximum Gasteiger partial charge on any atom is 0.398 e. The van der Waals surface area contributed by atoms with Gasteiger partial charge in [0.15, 0.2) is 0 Å². The van der Waals surface area contributed by atoms with E-state index in [-0.39, 0.29) is 0 Å². The number of hydrogen-bond donors (Lipinski definition) is 0. The van der Waals surface area contributed by atoms with Gasteiger partial charge in [-0.05, 0) is 6.42 Å². The van der Waals surface area contributed by atoms with Gasteiger partial charge in [-0.1, -0.05) is 39.0 Å². The fourth-order valence-corrected chi connectivity index (χ4v) is 1.30. The average molecular weight is 192 g/mol. The minimum atomic E-state index is -2.63. The molecule has 0 saturated carbocycles. The van der Waals surface area contributed by atoms with Crippen molar-refractivity contribution < 1.29 is 14.0 Å². The lowest BCUT2D eigenvalue weighted by Gasteiger charge is -1.98. The van der Waals surface area contributed by atoms with Gasteiger partial charge in [-0.15, -0.1) is 4.89 Å². The van der Waals surface area contributed by atoms with Crippen LogP contribution in [-0.4, -0.2) is 6.61 Å². The molecule has 4 heteroatoms. The molecular formula is C8H17O3P. The highest BCUT2D eigenvalue weighted by atomic mass is 31.1. The zero-order valence-corrected chi connectivity index (χ0v) is 8.52. The summed E-state index contributed by atoms with van der Waals surface area (Å²) < 4.78 is 14.4. The lowest BCUT2D eigenvalue weighted by atomic mass is 10.1. The monoisotopic (exact) mass is 192 g/mol. The molecule has 0 aromatic heterocycles. The molecule has 0 spiro atoms. The fourth-order valence-electron chi connectivity index (χ4n) is 1.02. The Labute approximate surface area is 75.1 Å². The number of rotatable bonds is 8. The lowest BCUT2D eigenvalue weighted by molar-refractivity contribution is 0.251. The Hall–Kier alpha value is 0.0200. The third-order valence-electron chi connectivity index (χ3n) is 1.69. The minimum Gasteiger partial charge on any atom is -0.281 e. The second kappa shape index (κ2) is 9.11. The van der Waals surface area contributed by atoms with E-state index >= 15 is 0 Å². The summed E-state index contributed by atoms with van der Waals surface area (Å²) in [7, 11) is -2.63. The molecule has 0 aromatic carbocycles. The Bertz CT molecular complexity index is 117. The van der Waals surface area contributed by atoms with Gasteiger partial charge in [0, 0.05) is 0 Å². The molecule has 0 aliphatic carbocycles. The van der Waals surface area contributed by atoms with Gasteiger partial charge in [-0.2, -0.15) is 0 Å². The summed E-state index contributed by atoms with van der Waals surface area (Å²) in [6.45, 7) is 2.52. The summed E-state index contributed by atoms with van der Waals surface area (Å²) in [5.74, 6) is 0. The summed E-state index contributed by atoms with van der Waals surface area (Å²) in [6, 6.07) is 0. The molecule has 12 heavy (non-hydrogen) atoms. The highest BCUT2D eigenvalue weighted by molar-refractivity contribution is 7.31. The van der Waals surface area contributed by atoms with Crippen LogP contribution in [0.1, 0.15) is 45.4 Å². The van der Waals surface area contributed by atoms with E-state index in [1.807, 2.05) is 0 Å². The van der Waals surface area contributed by atoms with Crippen LogP contribution in [0.3, 0.4) is 0 Å². The zero-order valence-electron chi connectivity index (χ0n) is 7.62. The van der Waals surface area contributed by atoms with Crippen molar-refractivity contribution in [3.05, 3.63) is 0 Å². The maximum absolute atomic E-state index is 9.95. The Balaban J connectivity index is 2.86. The largest absolute Gasteiger partial charge is 0.398 e. The molecule has 0 rings (SSSR count). The maximum atomic E-state index is 9.95. The molecule has 0 amide bonds. The molecule has 2 radical (unpaired) electrons. The van der Waals surface area contributed by atoms with Crippen LogP contribution in [0.25, 0.3) is 0 Å². The number of unbranched alkanes of at least 4 members (excludes halogenated alkanes) is 5. The SMILES string of the molecule is CCCCCCCCO[P]([O])=O. The standard InChI is InChI=1S/C8H17O3P/c1-2-3-4-5-6-7-8-11-12(9)10/h2-8H2,1H3. The van der Waals surface area contributed by atoms with Gasteiger partial charge < -0.3 is 0 Å². The highest BCUT2D eigenvalue weighted by Gasteiger charge is 1.95. The topological polar surface area (TPSA) is 46.2 Å². The fraction of sp³-hybridized carbons (Fsp3) is 1.00. The average Bonchev–Trinajstić information content (AvgIpc) is 2.02. The van der Waals surface area contributed by atoms with Crippen molar-refractivity contribution in [1.29, 1.82) is 0 Å². The first-order chi connectivity index (χ1) is 5.77. The van der Waals surface area contributed by atoms with E-state index in [4.69, 9.17) is 0 Å². The minimum absolute atomic E-state index is 0.352. The number of hydrogen-bond acceptors (Lipinski definition) is 2. The molecule has 72 valence electrons. The molecule has 0 N–H and O–H groups in total. The van der Waals surface area contributed by atoms with E-state index in [0.29, 0.717) is 6.61 Å². The summed E-state index contributed by atoms with van der Waals surface area (Å²) in [5, 5.41) is 0. The first-order valence-corrected chi connectivity index (χ1v) is 5.64. The van der Waals surface area contributed by atoms with Crippen LogP contribution in [0.15, 0.2) is 0 Å². The summed E-state index contributed by atoms with van der Waals surface area (Å²) in [4.78, 5) is 9.95. The Morgan fingerprint density at radius 1 is 1.08 bits per heavy atom. The zero-order chi connectivity index (χ0) is 9.23. The molecule has 0 aromatic rings. The predicted molar refractivity (Wildman–Crippen MR) is 47.6 cm³/mol. The second-order valence-electron chi connectivity index (χ2n) is 2.82. The Morgan fingerprint density at radius 2 is 1.67 bits per heavy atom. The van der Waals surface area contributed by atoms with Crippen molar-refractivity contribution in [1.82, 2.24) is 0 Å². The van der Waals surface area contributed by atoms with Crippen molar-refractivity contribution in [2.45, 2.75) is 45.4 Å².